The third-order valence-corrected chi connectivity index (χ3v) is 4.68. The average molecular weight is 351 g/mol. The molecule has 0 bridgehead atoms. The topological polar surface area (TPSA) is 88.0 Å². The van der Waals surface area contributed by atoms with E-state index in [1.165, 1.54) is 11.3 Å². The number of H-pyrrole nitrogens is 1. The average Bonchev–Trinajstić information content (AvgIpc) is 3.38. The van der Waals surface area contributed by atoms with E-state index in [1.54, 1.807) is 18.3 Å². The molecular weight excluding hydrogens is 338 g/mol. The second-order valence-corrected chi connectivity index (χ2v) is 6.37. The maximum absolute atomic E-state index is 12.4. The fraction of sp³-hybridized carbons (Fsp3) is 0.0556. The van der Waals surface area contributed by atoms with Gasteiger partial charge in [-0.3, -0.25) is 9.59 Å². The lowest BCUT2D eigenvalue weighted by Gasteiger charge is -2.01. The molecule has 4 rings (SSSR count). The monoisotopic (exact) mass is 351 g/mol. The van der Waals surface area contributed by atoms with Crippen LogP contribution in [-0.4, -0.2) is 21.8 Å². The van der Waals surface area contributed by atoms with E-state index in [2.05, 4.69) is 15.5 Å². The summed E-state index contributed by atoms with van der Waals surface area (Å²) in [5, 5.41) is 9.17. The Morgan fingerprint density at radius 3 is 2.92 bits per heavy atom. The highest BCUT2D eigenvalue weighted by molar-refractivity contribution is 7.13. The van der Waals surface area contributed by atoms with Gasteiger partial charge in [-0.15, -0.1) is 11.3 Å². The van der Waals surface area contributed by atoms with Crippen molar-refractivity contribution >= 4 is 33.9 Å². The number of aromatic nitrogens is 2. The number of thiophene rings is 1. The number of rotatable bonds is 5. The van der Waals surface area contributed by atoms with Crippen molar-refractivity contribution < 1.29 is 14.1 Å². The van der Waals surface area contributed by atoms with E-state index < -0.39 is 11.7 Å². The van der Waals surface area contributed by atoms with Gasteiger partial charge in [0.25, 0.3) is 11.7 Å². The minimum atomic E-state index is -0.676. The number of amides is 1. The normalized spacial score (nSPS) is 10.9. The van der Waals surface area contributed by atoms with Gasteiger partial charge in [0.2, 0.25) is 0 Å². The van der Waals surface area contributed by atoms with Crippen molar-refractivity contribution in [2.75, 3.05) is 0 Å². The molecule has 4 aromatic rings. The van der Waals surface area contributed by atoms with Crippen LogP contribution in [0.3, 0.4) is 0 Å². The van der Waals surface area contributed by atoms with Crippen molar-refractivity contribution in [3.63, 3.8) is 0 Å². The van der Waals surface area contributed by atoms with Crippen LogP contribution >= 0.6 is 11.3 Å². The number of nitrogens with zero attached hydrogens (tertiary/aromatic N) is 1. The zero-order valence-corrected chi connectivity index (χ0v) is 13.8. The fourth-order valence-electron chi connectivity index (χ4n) is 2.56. The summed E-state index contributed by atoms with van der Waals surface area (Å²) in [6.07, 6.45) is 1.55. The summed E-state index contributed by atoms with van der Waals surface area (Å²) in [4.78, 5) is 28.5. The highest BCUT2D eigenvalue weighted by Crippen LogP contribution is 2.25. The standard InChI is InChI=1S/C18H13N3O3S/c22-17(13-10-19-14-5-2-1-4-12(13)14)18(23)20-9-11-8-15(24-21-11)16-6-3-7-25-16/h1-8,10,19H,9H2,(H,20,23). The number of Topliss-reactive ketones (excluding diaryl/α,β-unsaturated/α-hetero) is 1. The second kappa shape index (κ2) is 6.37. The van der Waals surface area contributed by atoms with Crippen LogP contribution < -0.4 is 5.32 Å². The van der Waals surface area contributed by atoms with Gasteiger partial charge >= 0.3 is 0 Å². The minimum absolute atomic E-state index is 0.127. The largest absolute Gasteiger partial charge is 0.360 e. The number of aromatic amines is 1. The molecule has 25 heavy (non-hydrogen) atoms. The first kappa shape index (κ1) is 15.3. The molecule has 7 heteroatoms. The van der Waals surface area contributed by atoms with E-state index >= 15 is 0 Å². The van der Waals surface area contributed by atoms with Gasteiger partial charge in [-0.2, -0.15) is 0 Å². The van der Waals surface area contributed by atoms with Gasteiger partial charge in [-0.05, 0) is 17.5 Å². The molecule has 0 saturated carbocycles. The number of carbonyl (C=O) groups excluding carboxylic acids is 2. The number of para-hydroxylation sites is 1. The summed E-state index contributed by atoms with van der Waals surface area (Å²) < 4.78 is 5.25. The number of hydrogen-bond donors (Lipinski definition) is 2. The molecule has 0 saturated heterocycles. The van der Waals surface area contributed by atoms with Crippen LogP contribution in [-0.2, 0) is 11.3 Å². The SMILES string of the molecule is O=C(NCc1cc(-c2cccs2)on1)C(=O)c1c[nH]c2ccccc12. The number of fused-ring (bicyclic) bond motifs is 1. The maximum Gasteiger partial charge on any atom is 0.292 e. The Labute approximate surface area is 146 Å². The molecular formula is C18H13N3O3S. The van der Waals surface area contributed by atoms with E-state index in [0.29, 0.717) is 17.0 Å². The lowest BCUT2D eigenvalue weighted by molar-refractivity contribution is -0.117. The van der Waals surface area contributed by atoms with Gasteiger partial charge in [0.15, 0.2) is 5.76 Å². The van der Waals surface area contributed by atoms with Crippen LogP contribution in [0.25, 0.3) is 21.5 Å². The van der Waals surface area contributed by atoms with Gasteiger partial charge in [-0.1, -0.05) is 29.4 Å². The van der Waals surface area contributed by atoms with Crippen LogP contribution in [0, 0.1) is 0 Å². The summed E-state index contributed by atoms with van der Waals surface area (Å²) in [7, 11) is 0. The van der Waals surface area contributed by atoms with Crippen molar-refractivity contribution in [1.29, 1.82) is 0 Å². The van der Waals surface area contributed by atoms with E-state index in [9.17, 15) is 9.59 Å². The molecule has 3 aromatic heterocycles. The smallest absolute Gasteiger partial charge is 0.292 e. The molecule has 0 aliphatic heterocycles. The highest BCUT2D eigenvalue weighted by Gasteiger charge is 2.20. The Morgan fingerprint density at radius 2 is 2.08 bits per heavy atom. The maximum atomic E-state index is 12.4. The van der Waals surface area contributed by atoms with Gasteiger partial charge in [0, 0.05) is 23.2 Å². The Kier molecular flexibility index (Phi) is 3.91. The van der Waals surface area contributed by atoms with E-state index in [1.807, 2.05) is 35.7 Å². The Hall–Kier alpha value is -3.19. The molecule has 3 heterocycles. The van der Waals surface area contributed by atoms with Gasteiger partial charge in [0.05, 0.1) is 17.0 Å². The molecule has 0 atom stereocenters. The lowest BCUT2D eigenvalue weighted by Crippen LogP contribution is -2.30. The van der Waals surface area contributed by atoms with Crippen molar-refractivity contribution in [2.24, 2.45) is 0 Å². The number of ketones is 1. The highest BCUT2D eigenvalue weighted by atomic mass is 32.1. The van der Waals surface area contributed by atoms with Crippen LogP contribution in [0.15, 0.2) is 58.6 Å². The van der Waals surface area contributed by atoms with Crippen LogP contribution in [0.2, 0.25) is 0 Å². The molecule has 0 fully saturated rings. The van der Waals surface area contributed by atoms with Crippen molar-refractivity contribution in [3.8, 4) is 10.6 Å². The predicted molar refractivity (Wildman–Crippen MR) is 94.3 cm³/mol. The molecule has 124 valence electrons. The first-order valence-electron chi connectivity index (χ1n) is 7.60. The summed E-state index contributed by atoms with van der Waals surface area (Å²) in [5.74, 6) is -0.618. The van der Waals surface area contributed by atoms with Crippen molar-refractivity contribution in [3.05, 3.63) is 65.3 Å². The molecule has 0 radical (unpaired) electrons. The number of benzene rings is 1. The predicted octanol–water partition coefficient (Wildman–Crippen LogP) is 3.38. The van der Waals surface area contributed by atoms with E-state index in [0.717, 1.165) is 15.8 Å². The molecule has 2 N–H and O–H groups in total. The van der Waals surface area contributed by atoms with Gasteiger partial charge in [-0.25, -0.2) is 0 Å². The van der Waals surface area contributed by atoms with Crippen LogP contribution in [0.4, 0.5) is 0 Å². The van der Waals surface area contributed by atoms with Gasteiger partial charge < -0.3 is 14.8 Å². The summed E-state index contributed by atoms with van der Waals surface area (Å²) in [6, 6.07) is 12.9. The second-order valence-electron chi connectivity index (χ2n) is 5.42. The molecule has 0 unspecified atom stereocenters. The van der Waals surface area contributed by atoms with Crippen LogP contribution in [0.1, 0.15) is 16.1 Å². The molecule has 0 aliphatic carbocycles. The zero-order chi connectivity index (χ0) is 17.2. The number of nitrogens with one attached hydrogen (secondary N) is 2. The van der Waals surface area contributed by atoms with Gasteiger partial charge in [0.1, 0.15) is 5.69 Å². The fourth-order valence-corrected chi connectivity index (χ4v) is 3.24. The van der Waals surface area contributed by atoms with Crippen molar-refractivity contribution in [2.45, 2.75) is 6.54 Å². The molecule has 0 spiro atoms. The summed E-state index contributed by atoms with van der Waals surface area (Å²) in [6.45, 7) is 0.127. The minimum Gasteiger partial charge on any atom is -0.360 e. The molecule has 1 amide bonds. The summed E-state index contributed by atoms with van der Waals surface area (Å²) in [5.41, 5.74) is 1.73. The molecule has 6 nitrogen and oxygen atoms in total. The van der Waals surface area contributed by atoms with Crippen molar-refractivity contribution in [1.82, 2.24) is 15.5 Å². The van der Waals surface area contributed by atoms with E-state index in [4.69, 9.17) is 4.52 Å². The first-order valence-corrected chi connectivity index (χ1v) is 8.48. The third kappa shape index (κ3) is 2.97. The Bertz CT molecular complexity index is 1050. The van der Waals surface area contributed by atoms with E-state index in [-0.39, 0.29) is 6.54 Å². The quantitative estimate of drug-likeness (QED) is 0.426. The summed E-state index contributed by atoms with van der Waals surface area (Å²) >= 11 is 1.54. The Balaban J connectivity index is 1.44. The third-order valence-electron chi connectivity index (χ3n) is 3.79. The number of hydrogen-bond acceptors (Lipinski definition) is 5. The molecule has 0 aliphatic rings. The first-order chi connectivity index (χ1) is 12.2. The zero-order valence-electron chi connectivity index (χ0n) is 13.0. The number of carbonyl (C=O) groups is 2. The molecule has 1 aromatic carbocycles. The Morgan fingerprint density at radius 1 is 1.20 bits per heavy atom. The lowest BCUT2D eigenvalue weighted by atomic mass is 10.1. The van der Waals surface area contributed by atoms with Crippen LogP contribution in [0.5, 0.6) is 0 Å².